The molecule has 0 unspecified atom stereocenters. The van der Waals surface area contributed by atoms with Crippen molar-refractivity contribution in [3.8, 4) is 0 Å². The molecule has 2 heterocycles. The molecule has 1 aliphatic heterocycles. The molecule has 1 fully saturated rings. The van der Waals surface area contributed by atoms with Crippen LogP contribution in [0, 0.1) is 5.95 Å². The summed E-state index contributed by atoms with van der Waals surface area (Å²) in [5.74, 6) is -1.03. The first-order chi connectivity index (χ1) is 9.22. The number of halogens is 1. The van der Waals surface area contributed by atoms with Crippen LogP contribution < -0.4 is 0 Å². The lowest BCUT2D eigenvalue weighted by Gasteiger charge is -2.21. The predicted molar refractivity (Wildman–Crippen MR) is 68.2 cm³/mol. The molecule has 5 nitrogen and oxygen atoms in total. The van der Waals surface area contributed by atoms with Crippen LogP contribution in [0.5, 0.6) is 0 Å². The Morgan fingerprint density at radius 1 is 1.37 bits per heavy atom. The molecule has 1 amide bonds. The van der Waals surface area contributed by atoms with Crippen molar-refractivity contribution in [3.63, 3.8) is 0 Å². The highest BCUT2D eigenvalue weighted by molar-refractivity contribution is 5.94. The number of amides is 1. The van der Waals surface area contributed by atoms with E-state index in [4.69, 9.17) is 5.11 Å². The Hall–Kier alpha value is -1.53. The summed E-state index contributed by atoms with van der Waals surface area (Å²) in [6.45, 7) is 3.44. The smallest absolute Gasteiger partial charge is 0.258 e. The van der Waals surface area contributed by atoms with E-state index in [9.17, 15) is 9.18 Å². The Morgan fingerprint density at radius 3 is 2.95 bits per heavy atom. The summed E-state index contributed by atoms with van der Waals surface area (Å²) in [7, 11) is 0. The zero-order chi connectivity index (χ0) is 13.7. The summed E-state index contributed by atoms with van der Waals surface area (Å²) in [5.41, 5.74) is 0.0260. The molecule has 0 spiro atoms. The third kappa shape index (κ3) is 3.48. The summed E-state index contributed by atoms with van der Waals surface area (Å²) in [5, 5.41) is 8.92. The van der Waals surface area contributed by atoms with Gasteiger partial charge in [-0.05, 0) is 25.1 Å². The molecule has 0 bridgehead atoms. The molecule has 1 saturated heterocycles. The SMILES string of the molecule is O=C(c1cccnc1F)N1CCCN(CCO)CC1. The minimum atomic E-state index is -0.719. The van der Waals surface area contributed by atoms with Crippen molar-refractivity contribution in [2.75, 3.05) is 39.3 Å². The summed E-state index contributed by atoms with van der Waals surface area (Å²) in [6, 6.07) is 3.02. The average Bonchev–Trinajstić information content (AvgIpc) is 2.65. The number of nitrogens with zero attached hydrogens (tertiary/aromatic N) is 3. The number of hydrogen-bond donors (Lipinski definition) is 1. The van der Waals surface area contributed by atoms with Crippen molar-refractivity contribution in [1.29, 1.82) is 0 Å². The van der Waals surface area contributed by atoms with E-state index >= 15 is 0 Å². The lowest BCUT2D eigenvalue weighted by Crippen LogP contribution is -2.36. The maximum atomic E-state index is 13.5. The van der Waals surface area contributed by atoms with Gasteiger partial charge in [-0.1, -0.05) is 0 Å². The first kappa shape index (κ1) is 13.9. The molecule has 2 rings (SSSR count). The molecular weight excluding hydrogens is 249 g/mol. The number of carbonyl (C=O) groups excluding carboxylic acids is 1. The number of hydrogen-bond acceptors (Lipinski definition) is 4. The second-order valence-corrected chi connectivity index (χ2v) is 4.55. The average molecular weight is 267 g/mol. The lowest BCUT2D eigenvalue weighted by molar-refractivity contribution is 0.0754. The fourth-order valence-electron chi connectivity index (χ4n) is 2.25. The molecule has 0 aromatic carbocycles. The predicted octanol–water partition coefficient (Wildman–Crippen LogP) is 0.361. The van der Waals surface area contributed by atoms with Crippen LogP contribution in [0.2, 0.25) is 0 Å². The van der Waals surface area contributed by atoms with E-state index in [-0.39, 0.29) is 18.1 Å². The van der Waals surface area contributed by atoms with Gasteiger partial charge in [-0.25, -0.2) is 4.98 Å². The molecule has 0 saturated carbocycles. The monoisotopic (exact) mass is 267 g/mol. The second kappa shape index (κ2) is 6.58. The molecule has 0 radical (unpaired) electrons. The number of aliphatic hydroxyl groups is 1. The molecule has 1 aliphatic rings. The van der Waals surface area contributed by atoms with Gasteiger partial charge < -0.3 is 10.0 Å². The molecule has 104 valence electrons. The van der Waals surface area contributed by atoms with Crippen molar-refractivity contribution in [1.82, 2.24) is 14.8 Å². The zero-order valence-corrected chi connectivity index (χ0v) is 10.8. The molecule has 0 aliphatic carbocycles. The van der Waals surface area contributed by atoms with Crippen molar-refractivity contribution < 1.29 is 14.3 Å². The van der Waals surface area contributed by atoms with Crippen molar-refractivity contribution in [3.05, 3.63) is 29.8 Å². The van der Waals surface area contributed by atoms with Crippen LogP contribution in [-0.4, -0.2) is 65.1 Å². The number of aromatic nitrogens is 1. The van der Waals surface area contributed by atoms with E-state index in [1.54, 1.807) is 11.0 Å². The number of β-amino-alcohol motifs (C(OH)–C–C–N with tert-alkyl or cyclic N) is 1. The molecule has 6 heteroatoms. The van der Waals surface area contributed by atoms with Crippen LogP contribution in [0.1, 0.15) is 16.8 Å². The van der Waals surface area contributed by atoms with Crippen LogP contribution >= 0.6 is 0 Å². The van der Waals surface area contributed by atoms with E-state index in [1.807, 2.05) is 0 Å². The molecular formula is C13H18FN3O2. The standard InChI is InChI=1S/C13H18FN3O2/c14-12-11(3-1-4-15-12)13(19)17-6-2-5-16(7-8-17)9-10-18/h1,3-4,18H,2,5-10H2. The quantitative estimate of drug-likeness (QED) is 0.804. The van der Waals surface area contributed by atoms with Gasteiger partial charge in [0.25, 0.3) is 5.91 Å². The van der Waals surface area contributed by atoms with Crippen LogP contribution in [0.3, 0.4) is 0 Å². The Bertz CT molecular complexity index is 442. The highest BCUT2D eigenvalue weighted by Gasteiger charge is 2.22. The first-order valence-electron chi connectivity index (χ1n) is 6.45. The summed E-state index contributed by atoms with van der Waals surface area (Å²) in [4.78, 5) is 19.5. The minimum absolute atomic E-state index is 0.0260. The van der Waals surface area contributed by atoms with Gasteiger partial charge >= 0.3 is 0 Å². The number of carbonyl (C=O) groups is 1. The second-order valence-electron chi connectivity index (χ2n) is 4.55. The number of rotatable bonds is 3. The lowest BCUT2D eigenvalue weighted by atomic mass is 10.2. The van der Waals surface area contributed by atoms with Crippen molar-refractivity contribution in [2.45, 2.75) is 6.42 Å². The molecule has 1 N–H and O–H groups in total. The molecule has 1 aromatic rings. The molecule has 19 heavy (non-hydrogen) atoms. The summed E-state index contributed by atoms with van der Waals surface area (Å²) >= 11 is 0. The van der Waals surface area contributed by atoms with Gasteiger partial charge in [0.05, 0.1) is 12.2 Å². The Morgan fingerprint density at radius 2 is 2.21 bits per heavy atom. The van der Waals surface area contributed by atoms with E-state index in [0.717, 1.165) is 13.0 Å². The van der Waals surface area contributed by atoms with Crippen molar-refractivity contribution in [2.24, 2.45) is 0 Å². The van der Waals surface area contributed by atoms with Gasteiger partial charge in [0.1, 0.15) is 0 Å². The van der Waals surface area contributed by atoms with Gasteiger partial charge in [-0.3, -0.25) is 9.69 Å². The van der Waals surface area contributed by atoms with Crippen LogP contribution in [0.15, 0.2) is 18.3 Å². The third-order valence-electron chi connectivity index (χ3n) is 3.28. The third-order valence-corrected chi connectivity index (χ3v) is 3.28. The Kier molecular flexibility index (Phi) is 4.81. The van der Waals surface area contributed by atoms with Crippen LogP contribution in [0.25, 0.3) is 0 Å². The van der Waals surface area contributed by atoms with Gasteiger partial charge in [-0.15, -0.1) is 0 Å². The van der Waals surface area contributed by atoms with Crippen LogP contribution in [-0.2, 0) is 0 Å². The van der Waals surface area contributed by atoms with E-state index < -0.39 is 5.95 Å². The number of pyridine rings is 1. The van der Waals surface area contributed by atoms with E-state index in [1.165, 1.54) is 12.3 Å². The van der Waals surface area contributed by atoms with Gasteiger partial charge in [0.15, 0.2) is 0 Å². The highest BCUT2D eigenvalue weighted by atomic mass is 19.1. The van der Waals surface area contributed by atoms with E-state index in [2.05, 4.69) is 9.88 Å². The van der Waals surface area contributed by atoms with Crippen LogP contribution in [0.4, 0.5) is 4.39 Å². The van der Waals surface area contributed by atoms with Crippen molar-refractivity contribution >= 4 is 5.91 Å². The van der Waals surface area contributed by atoms with E-state index in [0.29, 0.717) is 26.2 Å². The molecule has 1 aromatic heterocycles. The first-order valence-corrected chi connectivity index (χ1v) is 6.45. The van der Waals surface area contributed by atoms with Gasteiger partial charge in [0, 0.05) is 32.4 Å². The largest absolute Gasteiger partial charge is 0.395 e. The summed E-state index contributed by atoms with van der Waals surface area (Å²) in [6.07, 6.45) is 2.16. The minimum Gasteiger partial charge on any atom is -0.395 e. The fraction of sp³-hybridized carbons (Fsp3) is 0.538. The normalized spacial score (nSPS) is 17.3. The Balaban J connectivity index is 2.02. The molecule has 0 atom stereocenters. The highest BCUT2D eigenvalue weighted by Crippen LogP contribution is 2.10. The van der Waals surface area contributed by atoms with Gasteiger partial charge in [0.2, 0.25) is 5.95 Å². The Labute approximate surface area is 111 Å². The fourth-order valence-corrected chi connectivity index (χ4v) is 2.25. The summed E-state index contributed by atoms with van der Waals surface area (Å²) < 4.78 is 13.5. The maximum Gasteiger partial charge on any atom is 0.258 e. The topological polar surface area (TPSA) is 56.7 Å². The van der Waals surface area contributed by atoms with Gasteiger partial charge in [-0.2, -0.15) is 4.39 Å². The zero-order valence-electron chi connectivity index (χ0n) is 10.8. The number of aliphatic hydroxyl groups excluding tert-OH is 1. The maximum absolute atomic E-state index is 13.5.